The number of esters is 1. The molecular formula is C23H28ClFN7O7P. The lowest BCUT2D eigenvalue weighted by Crippen LogP contribution is -2.38. The third-order valence-corrected chi connectivity index (χ3v) is 8.81. The number of nitrogen functional groups attached to an aromatic ring is 1. The number of nitrogens with one attached hydrogen (secondary N) is 2. The Kier molecular flexibility index (Phi) is 7.40. The molecule has 17 heteroatoms. The predicted octanol–water partition coefficient (Wildman–Crippen LogP) is 2.15. The van der Waals surface area contributed by atoms with E-state index >= 15 is 4.39 Å². The normalized spacial score (nSPS) is 29.4. The molecule has 0 bridgehead atoms. The molecule has 1 unspecified atom stereocenters. The minimum atomic E-state index is -4.46. The number of hydrogen-bond acceptors (Lipinski definition) is 12. The summed E-state index contributed by atoms with van der Waals surface area (Å²) in [4.78, 5) is 24.7. The Balaban J connectivity index is 1.44. The number of ether oxygens (including phenoxy) is 2. The van der Waals surface area contributed by atoms with Gasteiger partial charge < -0.3 is 30.2 Å². The maximum Gasteiger partial charge on any atom is 0.459 e. The fourth-order valence-electron chi connectivity index (χ4n) is 4.77. The van der Waals surface area contributed by atoms with Crippen molar-refractivity contribution in [2.24, 2.45) is 0 Å². The number of alkyl halides is 2. The SMILES string of the molecule is CCOC(=O)[C@H](C)N[P@](=O)(Oc1ccccc1)OC1[C@@]2(CCl)O[C@@H](n3cnc4c(NC)nc(N)nc43)[C@@H](F)[C@@]12O. The lowest BCUT2D eigenvalue weighted by atomic mass is 10.1. The lowest BCUT2D eigenvalue weighted by Gasteiger charge is -2.27. The van der Waals surface area contributed by atoms with Gasteiger partial charge in [0.05, 0.1) is 18.8 Å². The minimum absolute atomic E-state index is 0.0847. The second kappa shape index (κ2) is 10.4. The average Bonchev–Trinajstić information content (AvgIpc) is 3.17. The predicted molar refractivity (Wildman–Crippen MR) is 141 cm³/mol. The molecule has 2 aromatic heterocycles. The van der Waals surface area contributed by atoms with Gasteiger partial charge in [-0.3, -0.25) is 13.9 Å². The molecule has 1 aliphatic carbocycles. The molecule has 0 spiro atoms. The lowest BCUT2D eigenvalue weighted by molar-refractivity contribution is -0.144. The molecule has 3 heterocycles. The first-order valence-corrected chi connectivity index (χ1v) is 14.4. The molecule has 1 saturated heterocycles. The van der Waals surface area contributed by atoms with Gasteiger partial charge in [-0.25, -0.2) is 13.9 Å². The number of benzene rings is 1. The first-order valence-electron chi connectivity index (χ1n) is 12.3. The highest BCUT2D eigenvalue weighted by molar-refractivity contribution is 7.52. The fraction of sp³-hybridized carbons (Fsp3) is 0.478. The van der Waals surface area contributed by atoms with E-state index in [9.17, 15) is 14.5 Å². The number of nitrogens with zero attached hydrogens (tertiary/aromatic N) is 4. The molecule has 40 heavy (non-hydrogen) atoms. The van der Waals surface area contributed by atoms with Gasteiger partial charge in [0.2, 0.25) is 5.95 Å². The van der Waals surface area contributed by atoms with Crippen molar-refractivity contribution in [1.29, 1.82) is 0 Å². The summed E-state index contributed by atoms with van der Waals surface area (Å²) in [6.07, 6.45) is -3.85. The van der Waals surface area contributed by atoms with E-state index in [1.807, 2.05) is 0 Å². The van der Waals surface area contributed by atoms with Crippen molar-refractivity contribution in [3.05, 3.63) is 36.7 Å². The molecule has 1 aliphatic heterocycles. The van der Waals surface area contributed by atoms with Crippen LogP contribution in [-0.4, -0.2) is 79.6 Å². The second-order valence-corrected chi connectivity index (χ2v) is 11.2. The van der Waals surface area contributed by atoms with E-state index in [2.05, 4.69) is 25.4 Å². The van der Waals surface area contributed by atoms with E-state index in [-0.39, 0.29) is 24.0 Å². The van der Waals surface area contributed by atoms with Crippen molar-refractivity contribution < 1.29 is 37.4 Å². The van der Waals surface area contributed by atoms with Gasteiger partial charge in [-0.05, 0) is 26.0 Å². The third-order valence-electron chi connectivity index (χ3n) is 6.77. The monoisotopic (exact) mass is 599 g/mol. The van der Waals surface area contributed by atoms with Crippen molar-refractivity contribution in [3.8, 4) is 5.75 Å². The van der Waals surface area contributed by atoms with E-state index in [0.717, 1.165) is 0 Å². The molecule has 1 saturated carbocycles. The van der Waals surface area contributed by atoms with Gasteiger partial charge >= 0.3 is 13.7 Å². The molecule has 0 amide bonds. The second-order valence-electron chi connectivity index (χ2n) is 9.25. The highest BCUT2D eigenvalue weighted by Gasteiger charge is 2.90. The first-order chi connectivity index (χ1) is 19.0. The van der Waals surface area contributed by atoms with Crippen LogP contribution < -0.4 is 20.7 Å². The number of carbonyl (C=O) groups is 1. The van der Waals surface area contributed by atoms with Gasteiger partial charge in [0, 0.05) is 7.05 Å². The van der Waals surface area contributed by atoms with Crippen LogP contribution in [0.2, 0.25) is 0 Å². The summed E-state index contributed by atoms with van der Waals surface area (Å²) in [5.74, 6) is -0.809. The van der Waals surface area contributed by atoms with Crippen molar-refractivity contribution in [1.82, 2.24) is 24.6 Å². The van der Waals surface area contributed by atoms with Gasteiger partial charge in [-0.1, -0.05) is 18.2 Å². The van der Waals surface area contributed by atoms with E-state index < -0.39 is 55.3 Å². The number of aliphatic hydroxyl groups is 1. The molecule has 14 nitrogen and oxygen atoms in total. The number of hydrogen-bond donors (Lipinski definition) is 4. The molecule has 2 fully saturated rings. The van der Waals surface area contributed by atoms with E-state index in [1.54, 1.807) is 32.2 Å². The van der Waals surface area contributed by atoms with Crippen LogP contribution in [0.4, 0.5) is 16.2 Å². The zero-order valence-electron chi connectivity index (χ0n) is 21.7. The van der Waals surface area contributed by atoms with Crippen LogP contribution in [-0.2, 0) is 23.4 Å². The first kappa shape index (κ1) is 28.5. The summed E-state index contributed by atoms with van der Waals surface area (Å²) in [5, 5.41) is 16.8. The number of halogens is 2. The van der Waals surface area contributed by atoms with Crippen LogP contribution in [0.1, 0.15) is 20.1 Å². The Bertz CT molecular complexity index is 1460. The third kappa shape index (κ3) is 4.46. The standard InChI is InChI=1S/C23H28ClFN7O7P/c1-4-36-19(33)12(2)31-40(35,38-13-8-6-5-7-9-13)39-20-22(10-24)23(20,34)15(25)18(37-22)32-11-28-14-16(27-3)29-21(26)30-17(14)32/h5-9,11-12,15,18,20,34H,4,10H2,1-3H3,(H,31,35)(H3,26,27,29,30)/t12-,15+,18+,20?,22+,23+,40-/m0/s1. The van der Waals surface area contributed by atoms with Crippen molar-refractivity contribution in [2.75, 3.05) is 30.6 Å². The zero-order chi connectivity index (χ0) is 28.9. The summed E-state index contributed by atoms with van der Waals surface area (Å²) in [5.41, 5.74) is 2.08. The number of carbonyl (C=O) groups excluding carboxylic acids is 1. The molecule has 7 atom stereocenters. The molecule has 2 aliphatic rings. The fourth-order valence-corrected chi connectivity index (χ4v) is 6.93. The maximum absolute atomic E-state index is 16.1. The van der Waals surface area contributed by atoms with Crippen LogP contribution in [0.3, 0.4) is 0 Å². The smallest absolute Gasteiger partial charge is 0.459 e. The summed E-state index contributed by atoms with van der Waals surface area (Å²) in [7, 11) is -2.85. The van der Waals surface area contributed by atoms with Crippen LogP contribution >= 0.6 is 19.3 Å². The zero-order valence-corrected chi connectivity index (χ0v) is 23.3. The largest absolute Gasteiger partial charge is 0.465 e. The Labute approximate surface area is 232 Å². The molecule has 216 valence electrons. The number of aromatic nitrogens is 4. The number of para-hydroxylation sites is 1. The summed E-state index contributed by atoms with van der Waals surface area (Å²) >= 11 is 6.21. The van der Waals surface area contributed by atoms with Crippen LogP contribution in [0.5, 0.6) is 5.75 Å². The number of nitrogens with two attached hydrogens (primary N) is 1. The number of fused-ring (bicyclic) bond motifs is 2. The van der Waals surface area contributed by atoms with Crippen molar-refractivity contribution in [2.45, 2.75) is 49.6 Å². The van der Waals surface area contributed by atoms with Crippen LogP contribution in [0, 0.1) is 0 Å². The van der Waals surface area contributed by atoms with Crippen molar-refractivity contribution in [3.63, 3.8) is 0 Å². The Morgan fingerprint density at radius 3 is 2.73 bits per heavy atom. The summed E-state index contributed by atoms with van der Waals surface area (Å²) in [6.45, 7) is 3.09. The quantitative estimate of drug-likeness (QED) is 0.143. The average molecular weight is 600 g/mol. The van der Waals surface area contributed by atoms with E-state index in [0.29, 0.717) is 11.3 Å². The molecule has 5 rings (SSSR count). The number of imidazole rings is 1. The maximum atomic E-state index is 16.1. The Morgan fingerprint density at radius 1 is 1.38 bits per heavy atom. The van der Waals surface area contributed by atoms with Gasteiger partial charge in [0.1, 0.15) is 23.5 Å². The number of anilines is 2. The Hall–Kier alpha value is -3.07. The molecular weight excluding hydrogens is 572 g/mol. The van der Waals surface area contributed by atoms with Gasteiger partial charge in [0.15, 0.2) is 35.0 Å². The molecule has 3 aromatic rings. The van der Waals surface area contributed by atoms with Gasteiger partial charge in [-0.2, -0.15) is 15.1 Å². The highest BCUT2D eigenvalue weighted by Crippen LogP contribution is 2.69. The summed E-state index contributed by atoms with van der Waals surface area (Å²) in [6, 6.07) is 6.84. The highest BCUT2D eigenvalue weighted by atomic mass is 35.5. The van der Waals surface area contributed by atoms with E-state index in [1.165, 1.54) is 30.0 Å². The van der Waals surface area contributed by atoms with Gasteiger partial charge in [0.25, 0.3) is 0 Å². The minimum Gasteiger partial charge on any atom is -0.465 e. The molecule has 0 radical (unpaired) electrons. The van der Waals surface area contributed by atoms with Gasteiger partial charge in [-0.15, -0.1) is 11.6 Å². The number of rotatable bonds is 11. The van der Waals surface area contributed by atoms with E-state index in [4.69, 9.17) is 35.9 Å². The molecule has 5 N–H and O–H groups in total. The summed E-state index contributed by atoms with van der Waals surface area (Å²) < 4.78 is 53.6. The topological polar surface area (TPSA) is 185 Å². The van der Waals surface area contributed by atoms with Crippen LogP contribution in [0.15, 0.2) is 36.7 Å². The van der Waals surface area contributed by atoms with Crippen LogP contribution in [0.25, 0.3) is 11.2 Å². The molecule has 1 aromatic carbocycles. The van der Waals surface area contributed by atoms with Crippen molar-refractivity contribution >= 4 is 48.2 Å². The Morgan fingerprint density at radius 2 is 2.10 bits per heavy atom.